The van der Waals surface area contributed by atoms with Crippen molar-refractivity contribution in [2.45, 2.75) is 57.5 Å². The molecule has 0 saturated carbocycles. The molecule has 1 aliphatic heterocycles. The van der Waals surface area contributed by atoms with Gasteiger partial charge >= 0.3 is 5.97 Å². The van der Waals surface area contributed by atoms with E-state index in [1.54, 1.807) is 0 Å². The zero-order valence-corrected chi connectivity index (χ0v) is 13.0. The zero-order valence-electron chi connectivity index (χ0n) is 13.0. The molecule has 0 aromatic heterocycles. The number of aryl methyl sites for hydroxylation is 1. The van der Waals surface area contributed by atoms with Gasteiger partial charge in [-0.15, -0.1) is 0 Å². The number of carbonyl (C=O) groups is 1. The Labute approximate surface area is 127 Å². The van der Waals surface area contributed by atoms with E-state index >= 15 is 0 Å². The Balaban J connectivity index is 1.50. The van der Waals surface area contributed by atoms with E-state index in [0.717, 1.165) is 19.3 Å². The summed E-state index contributed by atoms with van der Waals surface area (Å²) in [6.45, 7) is 2.81. The fourth-order valence-electron chi connectivity index (χ4n) is 2.63. The topological polar surface area (TPSA) is 38.8 Å². The van der Waals surface area contributed by atoms with Gasteiger partial charge in [-0.25, -0.2) is 4.79 Å². The zero-order chi connectivity index (χ0) is 15.0. The molecular weight excluding hydrogens is 264 g/mol. The normalized spacial score (nSPS) is 20.2. The monoisotopic (exact) mass is 290 g/mol. The second-order valence-electron chi connectivity index (χ2n) is 5.76. The van der Waals surface area contributed by atoms with Crippen LogP contribution in [0.1, 0.15) is 51.0 Å². The summed E-state index contributed by atoms with van der Waals surface area (Å²) in [6.07, 6.45) is 7.90. The molecule has 1 aromatic carbocycles. The van der Waals surface area contributed by atoms with Gasteiger partial charge in [-0.05, 0) is 38.2 Å². The van der Waals surface area contributed by atoms with E-state index in [4.69, 9.17) is 9.47 Å². The molecule has 0 N–H and O–H groups in total. The van der Waals surface area contributed by atoms with E-state index in [0.29, 0.717) is 13.2 Å². The van der Waals surface area contributed by atoms with Crippen molar-refractivity contribution in [3.63, 3.8) is 0 Å². The van der Waals surface area contributed by atoms with Crippen LogP contribution in [0.2, 0.25) is 0 Å². The summed E-state index contributed by atoms with van der Waals surface area (Å²) in [5.74, 6) is -0.172. The van der Waals surface area contributed by atoms with Crippen LogP contribution in [0.3, 0.4) is 0 Å². The summed E-state index contributed by atoms with van der Waals surface area (Å²) in [4.78, 5) is 11.7. The maximum atomic E-state index is 11.7. The van der Waals surface area contributed by atoms with Crippen LogP contribution in [0.25, 0.3) is 0 Å². The predicted molar refractivity (Wildman–Crippen MR) is 83.2 cm³/mol. The van der Waals surface area contributed by atoms with Crippen molar-refractivity contribution < 1.29 is 14.3 Å². The molecule has 3 heteroatoms. The van der Waals surface area contributed by atoms with Crippen molar-refractivity contribution >= 4 is 5.97 Å². The highest BCUT2D eigenvalue weighted by Crippen LogP contribution is 2.34. The third-order valence-electron chi connectivity index (χ3n) is 4.03. The highest BCUT2D eigenvalue weighted by molar-refractivity contribution is 5.82. The van der Waals surface area contributed by atoms with E-state index in [1.165, 1.54) is 31.2 Å². The molecule has 0 bridgehead atoms. The molecule has 0 aliphatic carbocycles. The first-order valence-corrected chi connectivity index (χ1v) is 8.12. The SMILES string of the molecule is CCOC(=O)C1(CCCCCCCc2ccccc2)CO1. The van der Waals surface area contributed by atoms with Crippen LogP contribution in [0.5, 0.6) is 0 Å². The molecular formula is C18H26O3. The van der Waals surface area contributed by atoms with E-state index in [2.05, 4.69) is 30.3 Å². The van der Waals surface area contributed by atoms with Gasteiger partial charge in [-0.1, -0.05) is 49.6 Å². The van der Waals surface area contributed by atoms with E-state index in [-0.39, 0.29) is 5.97 Å². The molecule has 1 unspecified atom stereocenters. The Morgan fingerprint density at radius 3 is 2.48 bits per heavy atom. The molecule has 0 amide bonds. The second kappa shape index (κ2) is 8.18. The molecule has 1 aromatic rings. The molecule has 1 heterocycles. The minimum atomic E-state index is -0.583. The van der Waals surface area contributed by atoms with Gasteiger partial charge in [0.2, 0.25) is 0 Å². The smallest absolute Gasteiger partial charge is 0.340 e. The lowest BCUT2D eigenvalue weighted by Gasteiger charge is -2.10. The Kier molecular flexibility index (Phi) is 6.24. The molecule has 1 atom stereocenters. The molecule has 1 fully saturated rings. The fraction of sp³-hybridized carbons (Fsp3) is 0.611. The van der Waals surface area contributed by atoms with Gasteiger partial charge in [-0.3, -0.25) is 0 Å². The summed E-state index contributed by atoms with van der Waals surface area (Å²) in [5.41, 5.74) is 0.838. The number of hydrogen-bond acceptors (Lipinski definition) is 3. The average molecular weight is 290 g/mol. The van der Waals surface area contributed by atoms with Crippen LogP contribution in [0.4, 0.5) is 0 Å². The van der Waals surface area contributed by atoms with E-state index in [1.807, 2.05) is 6.92 Å². The third-order valence-corrected chi connectivity index (χ3v) is 4.03. The summed E-state index contributed by atoms with van der Waals surface area (Å²) < 4.78 is 10.4. The van der Waals surface area contributed by atoms with Crippen molar-refractivity contribution in [3.05, 3.63) is 35.9 Å². The Morgan fingerprint density at radius 2 is 1.81 bits per heavy atom. The number of ether oxygens (including phenoxy) is 2. The standard InChI is InChI=1S/C18H26O3/c1-2-20-17(19)18(15-21-18)14-10-5-3-4-7-11-16-12-8-6-9-13-16/h6,8-9,12-13H,2-5,7,10-11,14-15H2,1H3. The minimum absolute atomic E-state index is 0.172. The van der Waals surface area contributed by atoms with Gasteiger partial charge in [-0.2, -0.15) is 0 Å². The Hall–Kier alpha value is -1.35. The predicted octanol–water partition coefficient (Wildman–Crippen LogP) is 3.90. The van der Waals surface area contributed by atoms with Crippen molar-refractivity contribution in [2.24, 2.45) is 0 Å². The largest absolute Gasteiger partial charge is 0.464 e. The van der Waals surface area contributed by atoms with Gasteiger partial charge in [0.1, 0.15) is 0 Å². The Morgan fingerprint density at radius 1 is 1.14 bits per heavy atom. The molecule has 21 heavy (non-hydrogen) atoms. The first-order valence-electron chi connectivity index (χ1n) is 8.12. The van der Waals surface area contributed by atoms with Crippen LogP contribution in [-0.2, 0) is 20.7 Å². The van der Waals surface area contributed by atoms with Gasteiger partial charge in [0.15, 0.2) is 5.60 Å². The number of benzene rings is 1. The molecule has 0 spiro atoms. The molecule has 3 nitrogen and oxygen atoms in total. The van der Waals surface area contributed by atoms with Crippen LogP contribution in [-0.4, -0.2) is 24.8 Å². The highest BCUT2D eigenvalue weighted by Gasteiger charge is 2.52. The van der Waals surface area contributed by atoms with Gasteiger partial charge in [0.25, 0.3) is 0 Å². The summed E-state index contributed by atoms with van der Waals surface area (Å²) in [5, 5.41) is 0. The maximum absolute atomic E-state index is 11.7. The van der Waals surface area contributed by atoms with Crippen LogP contribution in [0, 0.1) is 0 Å². The number of carbonyl (C=O) groups excluding carboxylic acids is 1. The average Bonchev–Trinajstić information content (AvgIpc) is 3.29. The molecule has 2 rings (SSSR count). The minimum Gasteiger partial charge on any atom is -0.464 e. The van der Waals surface area contributed by atoms with Gasteiger partial charge in [0, 0.05) is 0 Å². The summed E-state index contributed by atoms with van der Waals surface area (Å²) in [7, 11) is 0. The van der Waals surface area contributed by atoms with Crippen molar-refractivity contribution in [3.8, 4) is 0 Å². The number of unbranched alkanes of at least 4 members (excludes halogenated alkanes) is 4. The Bertz CT molecular complexity index is 423. The lowest BCUT2D eigenvalue weighted by Crippen LogP contribution is -2.27. The quantitative estimate of drug-likeness (QED) is 0.372. The van der Waals surface area contributed by atoms with Crippen LogP contribution >= 0.6 is 0 Å². The number of rotatable bonds is 10. The lowest BCUT2D eigenvalue weighted by molar-refractivity contribution is -0.149. The van der Waals surface area contributed by atoms with Crippen LogP contribution < -0.4 is 0 Å². The molecule has 1 aliphatic rings. The van der Waals surface area contributed by atoms with Gasteiger partial charge < -0.3 is 9.47 Å². The summed E-state index contributed by atoms with van der Waals surface area (Å²) >= 11 is 0. The van der Waals surface area contributed by atoms with Gasteiger partial charge in [0.05, 0.1) is 13.2 Å². The molecule has 116 valence electrons. The molecule has 0 radical (unpaired) electrons. The molecule has 1 saturated heterocycles. The first kappa shape index (κ1) is 16.0. The van der Waals surface area contributed by atoms with Crippen molar-refractivity contribution in [1.29, 1.82) is 0 Å². The number of epoxide rings is 1. The van der Waals surface area contributed by atoms with E-state index < -0.39 is 5.60 Å². The summed E-state index contributed by atoms with van der Waals surface area (Å²) in [6, 6.07) is 10.6. The maximum Gasteiger partial charge on any atom is 0.340 e. The van der Waals surface area contributed by atoms with E-state index in [9.17, 15) is 4.79 Å². The third kappa shape index (κ3) is 5.16. The lowest BCUT2D eigenvalue weighted by atomic mass is 10.0. The fourth-order valence-corrected chi connectivity index (χ4v) is 2.63. The van der Waals surface area contributed by atoms with Crippen molar-refractivity contribution in [2.75, 3.05) is 13.2 Å². The number of hydrogen-bond donors (Lipinski definition) is 0. The first-order chi connectivity index (χ1) is 10.3. The van der Waals surface area contributed by atoms with Crippen molar-refractivity contribution in [1.82, 2.24) is 0 Å². The second-order valence-corrected chi connectivity index (χ2v) is 5.76. The number of esters is 1. The van der Waals surface area contributed by atoms with Crippen LogP contribution in [0.15, 0.2) is 30.3 Å². The highest BCUT2D eigenvalue weighted by atomic mass is 16.6.